The van der Waals surface area contributed by atoms with Crippen LogP contribution in [0.1, 0.15) is 18.6 Å². The zero-order valence-electron chi connectivity index (χ0n) is 11.2. The first-order valence-electron chi connectivity index (χ1n) is 6.42. The maximum absolute atomic E-state index is 5.72. The number of nitrogens with two attached hydrogens (primary N) is 1. The van der Waals surface area contributed by atoms with Crippen LogP contribution in [0.2, 0.25) is 0 Å². The molecule has 20 heavy (non-hydrogen) atoms. The number of hydrogen-bond donors (Lipinski definition) is 1. The van der Waals surface area contributed by atoms with Crippen molar-refractivity contribution in [3.63, 3.8) is 0 Å². The minimum atomic E-state index is 0.486. The molecular weight excluding hydrogens is 254 g/mol. The van der Waals surface area contributed by atoms with E-state index in [9.17, 15) is 0 Å². The maximum atomic E-state index is 5.72. The number of anilines is 1. The molecule has 3 heterocycles. The van der Waals surface area contributed by atoms with Crippen LogP contribution in [0.5, 0.6) is 0 Å². The molecule has 0 saturated carbocycles. The van der Waals surface area contributed by atoms with E-state index >= 15 is 0 Å². The van der Waals surface area contributed by atoms with Crippen molar-refractivity contribution in [3.8, 4) is 11.3 Å². The molecule has 0 fully saturated rings. The Bertz CT molecular complexity index is 716. The van der Waals surface area contributed by atoms with Crippen LogP contribution < -0.4 is 5.73 Å². The molecule has 0 bridgehead atoms. The summed E-state index contributed by atoms with van der Waals surface area (Å²) < 4.78 is 7.60. The van der Waals surface area contributed by atoms with E-state index < -0.39 is 0 Å². The third kappa shape index (κ3) is 2.40. The molecular formula is C14H15N5O. The van der Waals surface area contributed by atoms with Crippen molar-refractivity contribution in [3.05, 3.63) is 48.7 Å². The van der Waals surface area contributed by atoms with Crippen LogP contribution in [0.4, 0.5) is 5.82 Å². The van der Waals surface area contributed by atoms with Gasteiger partial charge in [0.2, 0.25) is 5.89 Å². The predicted molar refractivity (Wildman–Crippen MR) is 74.9 cm³/mol. The molecule has 0 unspecified atom stereocenters. The van der Waals surface area contributed by atoms with Crippen LogP contribution in [0.25, 0.3) is 11.3 Å². The lowest BCUT2D eigenvalue weighted by Gasteiger charge is -2.06. The average Bonchev–Trinajstić information content (AvgIpc) is 3.08. The van der Waals surface area contributed by atoms with Crippen molar-refractivity contribution in [2.75, 3.05) is 5.73 Å². The van der Waals surface area contributed by atoms with Gasteiger partial charge in [0.1, 0.15) is 18.1 Å². The van der Waals surface area contributed by atoms with Gasteiger partial charge in [0.15, 0.2) is 0 Å². The smallest absolute Gasteiger partial charge is 0.214 e. The van der Waals surface area contributed by atoms with Gasteiger partial charge in [0.05, 0.1) is 24.4 Å². The van der Waals surface area contributed by atoms with Crippen molar-refractivity contribution in [1.29, 1.82) is 0 Å². The summed E-state index contributed by atoms with van der Waals surface area (Å²) in [5.41, 5.74) is 7.64. The highest BCUT2D eigenvalue weighted by Crippen LogP contribution is 2.21. The van der Waals surface area contributed by atoms with E-state index in [1.165, 1.54) is 0 Å². The first kappa shape index (κ1) is 12.4. The fourth-order valence-corrected chi connectivity index (χ4v) is 2.03. The van der Waals surface area contributed by atoms with Crippen molar-refractivity contribution < 1.29 is 4.42 Å². The highest BCUT2D eigenvalue weighted by molar-refractivity contribution is 5.61. The number of imidazole rings is 1. The Labute approximate surface area is 116 Å². The molecule has 0 spiro atoms. The molecule has 102 valence electrons. The molecule has 3 aromatic heterocycles. The zero-order valence-corrected chi connectivity index (χ0v) is 11.2. The number of oxazole rings is 1. The van der Waals surface area contributed by atoms with Crippen LogP contribution in [0.3, 0.4) is 0 Å². The van der Waals surface area contributed by atoms with Crippen LogP contribution in [-0.4, -0.2) is 19.5 Å². The second-order valence-corrected chi connectivity index (χ2v) is 4.45. The molecule has 3 aromatic rings. The molecule has 0 atom stereocenters. The molecule has 0 aliphatic carbocycles. The van der Waals surface area contributed by atoms with Gasteiger partial charge in [-0.25, -0.2) is 15.0 Å². The summed E-state index contributed by atoms with van der Waals surface area (Å²) in [5.74, 6) is 2.04. The predicted octanol–water partition coefficient (Wildman–Crippen LogP) is 2.13. The molecule has 6 heteroatoms. The van der Waals surface area contributed by atoms with Crippen molar-refractivity contribution in [2.24, 2.45) is 0 Å². The standard InChI is InChI=1S/C14H15N5O/c1-2-11-6-18-14(20-11)8-19-9-16-7-12(19)10-3-4-17-13(15)5-10/h3-7,9H,2,8H2,1H3,(H2,15,17). The van der Waals surface area contributed by atoms with Gasteiger partial charge >= 0.3 is 0 Å². The van der Waals surface area contributed by atoms with Gasteiger partial charge in [-0.3, -0.25) is 0 Å². The Hall–Kier alpha value is -2.63. The van der Waals surface area contributed by atoms with Crippen molar-refractivity contribution in [2.45, 2.75) is 19.9 Å². The Morgan fingerprint density at radius 1 is 1.30 bits per heavy atom. The van der Waals surface area contributed by atoms with Gasteiger partial charge in [-0.1, -0.05) is 6.92 Å². The largest absolute Gasteiger partial charge is 0.444 e. The maximum Gasteiger partial charge on any atom is 0.214 e. The van der Waals surface area contributed by atoms with E-state index in [4.69, 9.17) is 10.2 Å². The SMILES string of the molecule is CCc1cnc(Cn2cncc2-c2ccnc(N)c2)o1. The average molecular weight is 269 g/mol. The van der Waals surface area contributed by atoms with E-state index in [0.29, 0.717) is 18.3 Å². The summed E-state index contributed by atoms with van der Waals surface area (Å²) in [6.07, 6.45) is 7.82. The van der Waals surface area contributed by atoms with Gasteiger partial charge in [-0.15, -0.1) is 0 Å². The van der Waals surface area contributed by atoms with Gasteiger partial charge in [0.25, 0.3) is 0 Å². The highest BCUT2D eigenvalue weighted by atomic mass is 16.4. The number of rotatable bonds is 4. The van der Waals surface area contributed by atoms with Crippen molar-refractivity contribution >= 4 is 5.82 Å². The third-order valence-electron chi connectivity index (χ3n) is 3.04. The second kappa shape index (κ2) is 5.16. The van der Waals surface area contributed by atoms with Gasteiger partial charge in [-0.05, 0) is 12.1 Å². The van der Waals surface area contributed by atoms with E-state index in [2.05, 4.69) is 15.0 Å². The van der Waals surface area contributed by atoms with E-state index in [1.54, 1.807) is 24.9 Å². The van der Waals surface area contributed by atoms with E-state index in [0.717, 1.165) is 23.4 Å². The van der Waals surface area contributed by atoms with Crippen LogP contribution in [0.15, 0.2) is 41.5 Å². The summed E-state index contributed by atoms with van der Waals surface area (Å²) in [4.78, 5) is 12.4. The van der Waals surface area contributed by atoms with Crippen LogP contribution in [-0.2, 0) is 13.0 Å². The molecule has 0 amide bonds. The fourth-order valence-electron chi connectivity index (χ4n) is 2.03. The third-order valence-corrected chi connectivity index (χ3v) is 3.04. The number of pyridine rings is 1. The highest BCUT2D eigenvalue weighted by Gasteiger charge is 2.09. The van der Waals surface area contributed by atoms with Gasteiger partial charge < -0.3 is 14.7 Å². The molecule has 0 aliphatic rings. The number of aromatic nitrogens is 4. The molecule has 0 aromatic carbocycles. The Kier molecular flexibility index (Phi) is 3.20. The Balaban J connectivity index is 1.90. The Morgan fingerprint density at radius 3 is 2.95 bits per heavy atom. The fraction of sp³-hybridized carbons (Fsp3) is 0.214. The van der Waals surface area contributed by atoms with E-state index in [-0.39, 0.29) is 0 Å². The molecule has 0 saturated heterocycles. The zero-order chi connectivity index (χ0) is 13.9. The molecule has 6 nitrogen and oxygen atoms in total. The van der Waals surface area contributed by atoms with Gasteiger partial charge in [0, 0.05) is 18.2 Å². The summed E-state index contributed by atoms with van der Waals surface area (Å²) in [7, 11) is 0. The molecule has 2 N–H and O–H groups in total. The van der Waals surface area contributed by atoms with Crippen LogP contribution >= 0.6 is 0 Å². The van der Waals surface area contributed by atoms with Crippen molar-refractivity contribution in [1.82, 2.24) is 19.5 Å². The first-order valence-corrected chi connectivity index (χ1v) is 6.42. The quantitative estimate of drug-likeness (QED) is 0.784. The summed E-state index contributed by atoms with van der Waals surface area (Å²) >= 11 is 0. The molecule has 3 rings (SSSR count). The minimum Gasteiger partial charge on any atom is -0.444 e. The first-order chi connectivity index (χ1) is 9.76. The lowest BCUT2D eigenvalue weighted by molar-refractivity contribution is 0.447. The summed E-state index contributed by atoms with van der Waals surface area (Å²) in [6.45, 7) is 2.57. The number of aryl methyl sites for hydroxylation is 1. The summed E-state index contributed by atoms with van der Waals surface area (Å²) in [5, 5.41) is 0. The number of nitrogen functional groups attached to an aromatic ring is 1. The normalized spacial score (nSPS) is 10.8. The topological polar surface area (TPSA) is 82.8 Å². The Morgan fingerprint density at radius 2 is 2.20 bits per heavy atom. The summed E-state index contributed by atoms with van der Waals surface area (Å²) in [6, 6.07) is 3.72. The minimum absolute atomic E-state index is 0.486. The number of hydrogen-bond acceptors (Lipinski definition) is 5. The monoisotopic (exact) mass is 269 g/mol. The van der Waals surface area contributed by atoms with Crippen LogP contribution in [0, 0.1) is 0 Å². The lowest BCUT2D eigenvalue weighted by Crippen LogP contribution is -2.01. The lowest BCUT2D eigenvalue weighted by atomic mass is 10.2. The second-order valence-electron chi connectivity index (χ2n) is 4.45. The van der Waals surface area contributed by atoms with E-state index in [1.807, 2.05) is 23.6 Å². The number of nitrogens with zero attached hydrogens (tertiary/aromatic N) is 4. The molecule has 0 radical (unpaired) electrons. The van der Waals surface area contributed by atoms with Gasteiger partial charge in [-0.2, -0.15) is 0 Å². The molecule has 0 aliphatic heterocycles.